The van der Waals surface area contributed by atoms with Gasteiger partial charge in [0.05, 0.1) is 24.8 Å². The summed E-state index contributed by atoms with van der Waals surface area (Å²) in [5, 5.41) is 20.0. The summed E-state index contributed by atoms with van der Waals surface area (Å²) in [6, 6.07) is 4.51. The van der Waals surface area contributed by atoms with Crippen molar-refractivity contribution in [2.75, 3.05) is 55.7 Å². The third-order valence-corrected chi connectivity index (χ3v) is 6.24. The lowest BCUT2D eigenvalue weighted by atomic mass is 10.0. The number of benzene rings is 1. The molecule has 3 amide bonds. The Hall–Kier alpha value is -2.76. The Morgan fingerprint density at radius 2 is 1.90 bits per heavy atom. The van der Waals surface area contributed by atoms with E-state index in [4.69, 9.17) is 9.84 Å². The zero-order chi connectivity index (χ0) is 22.3. The van der Waals surface area contributed by atoms with E-state index in [0.29, 0.717) is 37.6 Å². The van der Waals surface area contributed by atoms with E-state index in [1.165, 1.54) is 17.9 Å². The average molecular weight is 436 g/mol. The Kier molecular flexibility index (Phi) is 5.82. The number of aliphatic hydroxyl groups excluding tert-OH is 1. The summed E-state index contributed by atoms with van der Waals surface area (Å²) in [6.07, 6.45) is -1.42. The fourth-order valence-corrected chi connectivity index (χ4v) is 4.60. The second-order valence-electron chi connectivity index (χ2n) is 8.32. The number of hydrogen-bond donors (Lipinski definition) is 2. The number of carbonyl (C=O) groups is 3. The number of anilines is 2. The minimum absolute atomic E-state index is 0.0687. The van der Waals surface area contributed by atoms with Gasteiger partial charge >= 0.3 is 12.0 Å². The number of halogens is 1. The van der Waals surface area contributed by atoms with Crippen LogP contribution in [0.15, 0.2) is 18.2 Å². The Labute approximate surface area is 178 Å². The highest BCUT2D eigenvalue weighted by Gasteiger charge is 2.42. The first-order chi connectivity index (χ1) is 14.8. The minimum Gasteiger partial charge on any atom is -0.627 e. The Morgan fingerprint density at radius 3 is 2.48 bits per heavy atom. The Bertz CT molecular complexity index is 884. The van der Waals surface area contributed by atoms with Crippen LogP contribution in [-0.4, -0.2) is 79.9 Å². The maximum absolute atomic E-state index is 14.9. The molecular formula is C20H25FN4O6. The fourth-order valence-electron chi connectivity index (χ4n) is 4.60. The second-order valence-corrected chi connectivity index (χ2v) is 8.32. The number of nitrogens with zero attached hydrogens (tertiary/aromatic N) is 3. The zero-order valence-electron chi connectivity index (χ0n) is 17.1. The third-order valence-electron chi connectivity index (χ3n) is 6.24. The van der Waals surface area contributed by atoms with Crippen LogP contribution in [0.4, 0.5) is 20.6 Å². The molecule has 4 rings (SSSR count). The van der Waals surface area contributed by atoms with Crippen LogP contribution in [0, 0.1) is 22.9 Å². The predicted octanol–water partition coefficient (Wildman–Crippen LogP) is -1.03. The van der Waals surface area contributed by atoms with Gasteiger partial charge in [-0.2, -0.15) is 0 Å². The summed E-state index contributed by atoms with van der Waals surface area (Å²) < 4.78 is 20.1. The lowest BCUT2D eigenvalue weighted by molar-refractivity contribution is -0.768. The summed E-state index contributed by atoms with van der Waals surface area (Å²) in [4.78, 5) is 39.8. The highest BCUT2D eigenvalue weighted by Crippen LogP contribution is 2.36. The van der Waals surface area contributed by atoms with Crippen LogP contribution in [0.5, 0.6) is 0 Å². The maximum atomic E-state index is 14.9. The van der Waals surface area contributed by atoms with Gasteiger partial charge in [-0.05, 0) is 18.2 Å². The van der Waals surface area contributed by atoms with Gasteiger partial charge in [-0.15, -0.1) is 0 Å². The van der Waals surface area contributed by atoms with Crippen LogP contribution >= 0.6 is 0 Å². The molecule has 3 saturated heterocycles. The molecule has 10 nitrogen and oxygen atoms in total. The zero-order valence-corrected chi connectivity index (χ0v) is 17.1. The van der Waals surface area contributed by atoms with Gasteiger partial charge in [-0.25, -0.2) is 14.0 Å². The molecule has 1 aromatic rings. The molecule has 3 aliphatic heterocycles. The van der Waals surface area contributed by atoms with E-state index in [0.717, 1.165) is 0 Å². The number of amides is 3. The number of aliphatic hydroxyl groups is 1. The van der Waals surface area contributed by atoms with E-state index in [2.05, 4.69) is 0 Å². The molecule has 4 atom stereocenters. The number of cyclic esters (lactones) is 1. The number of fused-ring (bicyclic) bond motifs is 1. The van der Waals surface area contributed by atoms with Gasteiger partial charge < -0.3 is 29.9 Å². The van der Waals surface area contributed by atoms with Crippen molar-refractivity contribution in [1.29, 1.82) is 0 Å². The molecule has 0 bridgehead atoms. The van der Waals surface area contributed by atoms with Crippen LogP contribution in [0.3, 0.4) is 0 Å². The van der Waals surface area contributed by atoms with E-state index >= 15 is 0 Å². The molecule has 2 N–H and O–H groups in total. The van der Waals surface area contributed by atoms with Crippen molar-refractivity contribution in [2.45, 2.75) is 13.0 Å². The molecule has 1 unspecified atom stereocenters. The molecule has 1 aromatic carbocycles. The summed E-state index contributed by atoms with van der Waals surface area (Å²) in [5.41, 5.74) is 0.747. The molecule has 0 saturated carbocycles. The van der Waals surface area contributed by atoms with Crippen molar-refractivity contribution in [2.24, 2.45) is 11.8 Å². The van der Waals surface area contributed by atoms with Gasteiger partial charge in [0.2, 0.25) is 5.91 Å². The van der Waals surface area contributed by atoms with E-state index in [9.17, 15) is 24.0 Å². The number of ether oxygens (including phenoxy) is 1. The monoisotopic (exact) mass is 436 g/mol. The number of nitrogens with one attached hydrogen (secondary N) is 1. The van der Waals surface area contributed by atoms with Gasteiger partial charge in [-0.1, -0.05) is 0 Å². The average Bonchev–Trinajstić information content (AvgIpc) is 3.40. The maximum Gasteiger partial charge on any atom is 0.414 e. The molecule has 0 spiro atoms. The summed E-state index contributed by atoms with van der Waals surface area (Å²) in [7, 11) is 0. The summed E-state index contributed by atoms with van der Waals surface area (Å²) in [6.45, 7) is 2.87. The SMILES string of the molecule is CC(=O)[N@@H+]([O-])CC1CN(c2ccc(N3C[C@H]4CN(C(=O)CO)C[C@H]4C3)c(F)c2)C(=O)O1. The molecule has 0 aromatic heterocycles. The number of quaternary nitrogens is 1. The lowest BCUT2D eigenvalue weighted by Crippen LogP contribution is -3.10. The quantitative estimate of drug-likeness (QED) is 0.567. The fraction of sp³-hybridized carbons (Fsp3) is 0.550. The largest absolute Gasteiger partial charge is 0.627 e. The molecule has 0 aliphatic carbocycles. The molecule has 168 valence electrons. The molecule has 0 radical (unpaired) electrons. The lowest BCUT2D eigenvalue weighted by Gasteiger charge is -2.24. The van der Waals surface area contributed by atoms with Crippen LogP contribution in [-0.2, 0) is 14.3 Å². The van der Waals surface area contributed by atoms with Crippen molar-refractivity contribution >= 4 is 29.3 Å². The van der Waals surface area contributed by atoms with Gasteiger partial charge in [0.15, 0.2) is 6.10 Å². The minimum atomic E-state index is -0.742. The number of hydroxylamine groups is 2. The Morgan fingerprint density at radius 1 is 1.23 bits per heavy atom. The first-order valence-corrected chi connectivity index (χ1v) is 10.2. The van der Waals surface area contributed by atoms with Crippen molar-refractivity contribution in [3.8, 4) is 0 Å². The number of carbonyl (C=O) groups excluding carboxylic acids is 3. The third kappa shape index (κ3) is 4.21. The van der Waals surface area contributed by atoms with Crippen LogP contribution in [0.25, 0.3) is 0 Å². The summed E-state index contributed by atoms with van der Waals surface area (Å²) >= 11 is 0. The van der Waals surface area contributed by atoms with Crippen LogP contribution in [0.2, 0.25) is 0 Å². The Balaban J connectivity index is 1.40. The standard InChI is InChI=1S/C20H25FN4O6/c1-12(27)25(30)10-16-9-24(20(29)31-16)15-2-3-18(17(21)4-15)22-5-13-7-23(19(28)11-26)8-14(13)6-22/h2-4,13-14,16,25-26H,5-11H2,1H3/t13-,14+,16?. The number of rotatable bonds is 5. The first kappa shape index (κ1) is 21.5. The molecule has 3 heterocycles. The van der Waals surface area contributed by atoms with Gasteiger partial charge in [-0.3, -0.25) is 9.69 Å². The smallest absolute Gasteiger partial charge is 0.414 e. The van der Waals surface area contributed by atoms with E-state index < -0.39 is 35.6 Å². The van der Waals surface area contributed by atoms with E-state index in [1.54, 1.807) is 17.0 Å². The molecule has 11 heteroatoms. The summed E-state index contributed by atoms with van der Waals surface area (Å²) in [5.74, 6) is -0.899. The topological polar surface area (TPSA) is 118 Å². The second kappa shape index (κ2) is 8.40. The van der Waals surface area contributed by atoms with E-state index in [1.807, 2.05) is 4.90 Å². The number of likely N-dealkylation sites (tertiary alicyclic amines) is 1. The van der Waals surface area contributed by atoms with Gasteiger partial charge in [0, 0.05) is 38.0 Å². The van der Waals surface area contributed by atoms with Crippen LogP contribution in [0.1, 0.15) is 6.92 Å². The molecule has 3 aliphatic rings. The van der Waals surface area contributed by atoms with Gasteiger partial charge in [0.1, 0.15) is 19.0 Å². The first-order valence-electron chi connectivity index (χ1n) is 10.2. The van der Waals surface area contributed by atoms with Gasteiger partial charge in [0.25, 0.3) is 0 Å². The van der Waals surface area contributed by atoms with Crippen molar-refractivity contribution in [3.05, 3.63) is 29.2 Å². The van der Waals surface area contributed by atoms with Crippen molar-refractivity contribution in [3.63, 3.8) is 0 Å². The molecular weight excluding hydrogens is 411 g/mol. The predicted molar refractivity (Wildman–Crippen MR) is 107 cm³/mol. The van der Waals surface area contributed by atoms with E-state index in [-0.39, 0.29) is 30.8 Å². The normalized spacial score (nSPS) is 26.3. The molecule has 3 fully saturated rings. The highest BCUT2D eigenvalue weighted by atomic mass is 19.1. The van der Waals surface area contributed by atoms with Crippen molar-refractivity contribution in [1.82, 2.24) is 4.90 Å². The van der Waals surface area contributed by atoms with Crippen LogP contribution < -0.4 is 14.9 Å². The van der Waals surface area contributed by atoms with Crippen molar-refractivity contribution < 1.29 is 33.7 Å². The highest BCUT2D eigenvalue weighted by molar-refractivity contribution is 5.90. The number of hydrogen-bond acceptors (Lipinski definition) is 7. The molecule has 31 heavy (non-hydrogen) atoms.